The van der Waals surface area contributed by atoms with Gasteiger partial charge in [0.2, 0.25) is 0 Å². The summed E-state index contributed by atoms with van der Waals surface area (Å²) in [4.78, 5) is 22.4. The van der Waals surface area contributed by atoms with Crippen LogP contribution in [-0.2, 0) is 4.79 Å². The van der Waals surface area contributed by atoms with E-state index in [9.17, 15) is 9.59 Å². The highest BCUT2D eigenvalue weighted by atomic mass is 32.1. The lowest BCUT2D eigenvalue weighted by atomic mass is 10.1. The third kappa shape index (κ3) is 3.55. The molecule has 1 amide bonds. The van der Waals surface area contributed by atoms with E-state index in [1.165, 1.54) is 17.4 Å². The number of amides is 1. The summed E-state index contributed by atoms with van der Waals surface area (Å²) < 4.78 is 0. The van der Waals surface area contributed by atoms with E-state index < -0.39 is 5.97 Å². The van der Waals surface area contributed by atoms with Crippen molar-refractivity contribution in [3.63, 3.8) is 0 Å². The van der Waals surface area contributed by atoms with Crippen LogP contribution in [0.5, 0.6) is 0 Å². The molecule has 2 aromatic rings. The van der Waals surface area contributed by atoms with Crippen molar-refractivity contribution in [2.24, 2.45) is 0 Å². The average Bonchev–Trinajstić information content (AvgIpc) is 2.84. The summed E-state index contributed by atoms with van der Waals surface area (Å²) in [5.74, 6) is -1.13. The van der Waals surface area contributed by atoms with Gasteiger partial charge in [-0.1, -0.05) is 12.1 Å². The molecule has 1 aromatic carbocycles. The van der Waals surface area contributed by atoms with Crippen LogP contribution in [0.3, 0.4) is 0 Å². The van der Waals surface area contributed by atoms with Crippen LogP contribution in [0.2, 0.25) is 0 Å². The Morgan fingerprint density at radius 1 is 1.20 bits per heavy atom. The lowest BCUT2D eigenvalue weighted by molar-refractivity contribution is -0.131. The number of carboxylic acids is 1. The van der Waals surface area contributed by atoms with Crippen LogP contribution in [0.4, 0.5) is 5.69 Å². The Balaban J connectivity index is 2.06. The molecule has 0 radical (unpaired) electrons. The minimum absolute atomic E-state index is 0.141. The Morgan fingerprint density at radius 2 is 1.90 bits per heavy atom. The first-order valence-electron chi connectivity index (χ1n) is 5.91. The van der Waals surface area contributed by atoms with E-state index in [0.29, 0.717) is 11.3 Å². The fraction of sp³-hybridized carbons (Fsp3) is 0.0667. The minimum Gasteiger partial charge on any atom is -0.478 e. The van der Waals surface area contributed by atoms with Crippen LogP contribution < -0.4 is 5.32 Å². The van der Waals surface area contributed by atoms with Gasteiger partial charge in [-0.25, -0.2) is 4.79 Å². The first-order chi connectivity index (χ1) is 9.56. The molecular weight excluding hydrogens is 274 g/mol. The van der Waals surface area contributed by atoms with Gasteiger partial charge < -0.3 is 10.4 Å². The maximum Gasteiger partial charge on any atom is 0.328 e. The van der Waals surface area contributed by atoms with E-state index in [4.69, 9.17) is 5.11 Å². The van der Waals surface area contributed by atoms with Crippen molar-refractivity contribution >= 4 is 35.0 Å². The van der Waals surface area contributed by atoms with Gasteiger partial charge in [-0.05, 0) is 41.6 Å². The molecule has 0 bridgehead atoms. The first kappa shape index (κ1) is 14.0. The van der Waals surface area contributed by atoms with Crippen LogP contribution in [0.25, 0.3) is 6.08 Å². The molecule has 0 aliphatic rings. The summed E-state index contributed by atoms with van der Waals surface area (Å²) >= 11 is 1.49. The molecule has 4 nitrogen and oxygen atoms in total. The summed E-state index contributed by atoms with van der Waals surface area (Å²) in [6.07, 6.45) is 2.57. The molecule has 0 spiro atoms. The molecule has 0 aliphatic carbocycles. The van der Waals surface area contributed by atoms with Crippen LogP contribution in [0.15, 0.2) is 41.1 Å². The fourth-order valence-corrected chi connectivity index (χ4v) is 2.46. The van der Waals surface area contributed by atoms with Crippen molar-refractivity contribution in [3.05, 3.63) is 57.8 Å². The summed E-state index contributed by atoms with van der Waals surface area (Å²) in [6.45, 7) is 1.89. The van der Waals surface area contributed by atoms with Gasteiger partial charge in [-0.15, -0.1) is 0 Å². The van der Waals surface area contributed by atoms with Crippen LogP contribution in [-0.4, -0.2) is 17.0 Å². The van der Waals surface area contributed by atoms with Gasteiger partial charge in [0.25, 0.3) is 5.91 Å². The third-order valence-corrected chi connectivity index (χ3v) is 3.55. The highest BCUT2D eigenvalue weighted by Crippen LogP contribution is 2.17. The topological polar surface area (TPSA) is 66.4 Å². The number of hydrogen-bond acceptors (Lipinski definition) is 3. The molecule has 0 fully saturated rings. The van der Waals surface area contributed by atoms with E-state index >= 15 is 0 Å². The number of carboxylic acid groups (broad SMARTS) is 1. The zero-order valence-corrected chi connectivity index (χ0v) is 11.6. The lowest BCUT2D eigenvalue weighted by Gasteiger charge is -2.05. The normalized spacial score (nSPS) is 10.7. The Bertz CT molecular complexity index is 656. The number of thiophene rings is 1. The second kappa shape index (κ2) is 6.16. The largest absolute Gasteiger partial charge is 0.478 e. The number of aliphatic carboxylic acids is 1. The smallest absolute Gasteiger partial charge is 0.328 e. The number of anilines is 1. The highest BCUT2D eigenvalue weighted by Gasteiger charge is 2.09. The minimum atomic E-state index is -0.990. The predicted molar refractivity (Wildman–Crippen MR) is 80.1 cm³/mol. The SMILES string of the molecule is Cc1cscc1C(=O)Nc1ccc(/C=C\C(=O)O)cc1. The summed E-state index contributed by atoms with van der Waals surface area (Å²) in [5, 5.41) is 15.1. The Labute approximate surface area is 120 Å². The molecule has 0 saturated heterocycles. The zero-order chi connectivity index (χ0) is 14.5. The standard InChI is InChI=1S/C15H13NO3S/c1-10-8-20-9-13(10)15(19)16-12-5-2-11(3-6-12)4-7-14(17)18/h2-9H,1H3,(H,16,19)(H,17,18)/b7-4-. The van der Waals surface area contributed by atoms with Crippen molar-refractivity contribution in [1.29, 1.82) is 0 Å². The molecule has 1 heterocycles. The van der Waals surface area contributed by atoms with Gasteiger partial charge in [-0.2, -0.15) is 11.3 Å². The number of aryl methyl sites for hydroxylation is 1. The zero-order valence-electron chi connectivity index (χ0n) is 10.8. The molecular formula is C15H13NO3S. The van der Waals surface area contributed by atoms with E-state index in [2.05, 4.69) is 5.32 Å². The number of nitrogens with one attached hydrogen (secondary N) is 1. The third-order valence-electron chi connectivity index (χ3n) is 2.69. The van der Waals surface area contributed by atoms with Gasteiger partial charge in [0.15, 0.2) is 0 Å². The molecule has 1 aromatic heterocycles. The molecule has 2 rings (SSSR count). The van der Waals surface area contributed by atoms with E-state index in [1.54, 1.807) is 24.3 Å². The molecule has 2 N–H and O–H groups in total. The average molecular weight is 287 g/mol. The van der Waals surface area contributed by atoms with Gasteiger partial charge in [0.1, 0.15) is 0 Å². The van der Waals surface area contributed by atoms with Crippen molar-refractivity contribution < 1.29 is 14.7 Å². The molecule has 5 heteroatoms. The maximum absolute atomic E-state index is 12.0. The fourth-order valence-electron chi connectivity index (χ4n) is 1.64. The van der Waals surface area contributed by atoms with Gasteiger partial charge in [0.05, 0.1) is 5.56 Å². The first-order valence-corrected chi connectivity index (χ1v) is 6.86. The maximum atomic E-state index is 12.0. The number of hydrogen-bond donors (Lipinski definition) is 2. The summed E-state index contributed by atoms with van der Waals surface area (Å²) in [6, 6.07) is 6.97. The Hall–Kier alpha value is -2.40. The second-order valence-electron chi connectivity index (χ2n) is 4.22. The Morgan fingerprint density at radius 3 is 2.45 bits per heavy atom. The lowest BCUT2D eigenvalue weighted by Crippen LogP contribution is -2.11. The van der Waals surface area contributed by atoms with Crippen molar-refractivity contribution in [3.8, 4) is 0 Å². The molecule has 0 atom stereocenters. The van der Waals surface area contributed by atoms with E-state index in [1.807, 2.05) is 17.7 Å². The van der Waals surface area contributed by atoms with Crippen LogP contribution in [0.1, 0.15) is 21.5 Å². The van der Waals surface area contributed by atoms with E-state index in [-0.39, 0.29) is 5.91 Å². The van der Waals surface area contributed by atoms with Crippen molar-refractivity contribution in [2.75, 3.05) is 5.32 Å². The van der Waals surface area contributed by atoms with E-state index in [0.717, 1.165) is 17.2 Å². The summed E-state index contributed by atoms with van der Waals surface area (Å²) in [5.41, 5.74) is 3.06. The highest BCUT2D eigenvalue weighted by molar-refractivity contribution is 7.08. The Kier molecular flexibility index (Phi) is 4.32. The number of rotatable bonds is 4. The molecule has 20 heavy (non-hydrogen) atoms. The number of benzene rings is 1. The molecule has 0 saturated carbocycles. The molecule has 102 valence electrons. The second-order valence-corrected chi connectivity index (χ2v) is 4.96. The van der Waals surface area contributed by atoms with Crippen molar-refractivity contribution in [2.45, 2.75) is 6.92 Å². The van der Waals surface area contributed by atoms with Crippen LogP contribution >= 0.6 is 11.3 Å². The van der Waals surface area contributed by atoms with Crippen LogP contribution in [0, 0.1) is 6.92 Å². The number of carbonyl (C=O) groups is 2. The monoisotopic (exact) mass is 287 g/mol. The molecule has 0 unspecified atom stereocenters. The van der Waals surface area contributed by atoms with Crippen molar-refractivity contribution in [1.82, 2.24) is 0 Å². The number of carbonyl (C=O) groups excluding carboxylic acids is 1. The molecule has 0 aliphatic heterocycles. The van der Waals surface area contributed by atoms with Gasteiger partial charge >= 0.3 is 5.97 Å². The predicted octanol–water partition coefficient (Wildman–Crippen LogP) is 3.41. The quantitative estimate of drug-likeness (QED) is 0.847. The van der Waals surface area contributed by atoms with Gasteiger partial charge in [0, 0.05) is 17.1 Å². The summed E-state index contributed by atoms with van der Waals surface area (Å²) in [7, 11) is 0. The van der Waals surface area contributed by atoms with Gasteiger partial charge in [-0.3, -0.25) is 4.79 Å².